The van der Waals surface area contributed by atoms with Gasteiger partial charge in [0.1, 0.15) is 0 Å². The molecule has 0 radical (unpaired) electrons. The van der Waals surface area contributed by atoms with Crippen LogP contribution in [0.4, 0.5) is 0 Å². The number of aromatic nitrogens is 3. The first-order valence-electron chi connectivity index (χ1n) is 4.67. The summed E-state index contributed by atoms with van der Waals surface area (Å²) < 4.78 is 1.90. The SMILES string of the molecule is CCCn1nncc1C(CSC)NN. The highest BCUT2D eigenvalue weighted by Crippen LogP contribution is 2.14. The molecule has 1 atom stereocenters. The molecule has 0 aliphatic carbocycles. The first kappa shape index (κ1) is 11.5. The summed E-state index contributed by atoms with van der Waals surface area (Å²) >= 11 is 1.75. The van der Waals surface area contributed by atoms with E-state index in [0.29, 0.717) is 0 Å². The van der Waals surface area contributed by atoms with E-state index in [2.05, 4.69) is 28.9 Å². The van der Waals surface area contributed by atoms with E-state index in [1.165, 1.54) is 0 Å². The summed E-state index contributed by atoms with van der Waals surface area (Å²) in [6.45, 7) is 3.01. The summed E-state index contributed by atoms with van der Waals surface area (Å²) in [5.74, 6) is 6.41. The van der Waals surface area contributed by atoms with E-state index >= 15 is 0 Å². The summed E-state index contributed by atoms with van der Waals surface area (Å²) in [6.07, 6.45) is 4.88. The highest BCUT2D eigenvalue weighted by molar-refractivity contribution is 7.98. The van der Waals surface area contributed by atoms with Gasteiger partial charge in [0.15, 0.2) is 0 Å². The quantitative estimate of drug-likeness (QED) is 0.536. The van der Waals surface area contributed by atoms with Crippen molar-refractivity contribution < 1.29 is 0 Å². The highest BCUT2D eigenvalue weighted by Gasteiger charge is 2.14. The molecule has 1 aromatic heterocycles. The lowest BCUT2D eigenvalue weighted by Gasteiger charge is -2.15. The first-order chi connectivity index (χ1) is 6.83. The number of hydrazine groups is 1. The fourth-order valence-corrected chi connectivity index (χ4v) is 1.91. The van der Waals surface area contributed by atoms with Gasteiger partial charge in [0.25, 0.3) is 0 Å². The molecule has 0 saturated heterocycles. The van der Waals surface area contributed by atoms with E-state index in [9.17, 15) is 0 Å². The topological polar surface area (TPSA) is 68.8 Å². The third-order valence-electron chi connectivity index (χ3n) is 1.97. The lowest BCUT2D eigenvalue weighted by atomic mass is 10.2. The summed E-state index contributed by atoms with van der Waals surface area (Å²) in [4.78, 5) is 0. The van der Waals surface area contributed by atoms with E-state index in [4.69, 9.17) is 5.84 Å². The minimum absolute atomic E-state index is 0.131. The second-order valence-corrected chi connectivity index (χ2v) is 3.97. The Labute approximate surface area is 88.4 Å². The molecule has 0 aromatic carbocycles. The Hall–Kier alpha value is -0.590. The molecule has 0 fully saturated rings. The molecule has 80 valence electrons. The molecule has 3 N–H and O–H groups in total. The largest absolute Gasteiger partial charge is 0.271 e. The van der Waals surface area contributed by atoms with E-state index in [1.807, 2.05) is 4.68 Å². The van der Waals surface area contributed by atoms with Crippen LogP contribution in [-0.2, 0) is 6.54 Å². The highest BCUT2D eigenvalue weighted by atomic mass is 32.2. The Kier molecular flexibility index (Phi) is 4.92. The fourth-order valence-electron chi connectivity index (χ4n) is 1.31. The van der Waals surface area contributed by atoms with Crippen molar-refractivity contribution in [2.45, 2.75) is 25.9 Å². The van der Waals surface area contributed by atoms with E-state index in [0.717, 1.165) is 24.4 Å². The van der Waals surface area contributed by atoms with E-state index in [-0.39, 0.29) is 6.04 Å². The van der Waals surface area contributed by atoms with Gasteiger partial charge in [0.05, 0.1) is 17.9 Å². The Morgan fingerprint density at radius 1 is 1.71 bits per heavy atom. The molecule has 1 heterocycles. The summed E-state index contributed by atoms with van der Waals surface area (Å²) in [6, 6.07) is 0.131. The average molecular weight is 215 g/mol. The van der Waals surface area contributed by atoms with Crippen LogP contribution in [0.2, 0.25) is 0 Å². The molecule has 0 saturated carbocycles. The van der Waals surface area contributed by atoms with Crippen LogP contribution in [0.1, 0.15) is 25.1 Å². The van der Waals surface area contributed by atoms with Gasteiger partial charge in [0.2, 0.25) is 0 Å². The smallest absolute Gasteiger partial charge is 0.0778 e. The molecule has 14 heavy (non-hydrogen) atoms. The summed E-state index contributed by atoms with van der Waals surface area (Å²) in [7, 11) is 0. The molecule has 1 rings (SSSR count). The van der Waals surface area contributed by atoms with Crippen molar-refractivity contribution in [2.75, 3.05) is 12.0 Å². The van der Waals surface area contributed by atoms with Crippen LogP contribution in [0.3, 0.4) is 0 Å². The maximum absolute atomic E-state index is 5.48. The number of hydrogen-bond acceptors (Lipinski definition) is 5. The van der Waals surface area contributed by atoms with Crippen molar-refractivity contribution in [2.24, 2.45) is 5.84 Å². The van der Waals surface area contributed by atoms with Crippen molar-refractivity contribution in [3.8, 4) is 0 Å². The van der Waals surface area contributed by atoms with Crippen molar-refractivity contribution in [3.63, 3.8) is 0 Å². The van der Waals surface area contributed by atoms with Gasteiger partial charge in [-0.2, -0.15) is 11.8 Å². The maximum Gasteiger partial charge on any atom is 0.0778 e. The van der Waals surface area contributed by atoms with E-state index in [1.54, 1.807) is 18.0 Å². The summed E-state index contributed by atoms with van der Waals surface area (Å²) in [5.41, 5.74) is 3.84. The molecule has 1 unspecified atom stereocenters. The number of aryl methyl sites for hydroxylation is 1. The number of hydrogen-bond donors (Lipinski definition) is 2. The molecule has 1 aromatic rings. The molecule has 5 nitrogen and oxygen atoms in total. The Bertz CT molecular complexity index is 262. The van der Waals surface area contributed by atoms with Crippen LogP contribution < -0.4 is 11.3 Å². The number of thioether (sulfide) groups is 1. The van der Waals surface area contributed by atoms with Gasteiger partial charge in [-0.15, -0.1) is 5.10 Å². The second-order valence-electron chi connectivity index (χ2n) is 3.06. The van der Waals surface area contributed by atoms with Crippen LogP contribution >= 0.6 is 11.8 Å². The average Bonchev–Trinajstić information content (AvgIpc) is 2.63. The van der Waals surface area contributed by atoms with Crippen molar-refractivity contribution in [1.82, 2.24) is 20.4 Å². The van der Waals surface area contributed by atoms with Crippen molar-refractivity contribution >= 4 is 11.8 Å². The van der Waals surface area contributed by atoms with Gasteiger partial charge < -0.3 is 0 Å². The fraction of sp³-hybridized carbons (Fsp3) is 0.750. The van der Waals surface area contributed by atoms with Gasteiger partial charge in [0, 0.05) is 12.3 Å². The predicted octanol–water partition coefficient (Wildman–Crippen LogP) is 0.556. The third kappa shape index (κ3) is 2.70. The summed E-state index contributed by atoms with van der Waals surface area (Å²) in [5, 5.41) is 7.92. The normalized spacial score (nSPS) is 13.1. The van der Waals surface area contributed by atoms with Crippen LogP contribution in [-0.4, -0.2) is 27.0 Å². The van der Waals surface area contributed by atoms with Gasteiger partial charge in [-0.05, 0) is 12.7 Å². The molecule has 0 bridgehead atoms. The molecule has 0 aliphatic rings. The minimum atomic E-state index is 0.131. The molecule has 0 spiro atoms. The lowest BCUT2D eigenvalue weighted by Crippen LogP contribution is -2.31. The zero-order valence-corrected chi connectivity index (χ0v) is 9.42. The monoisotopic (exact) mass is 215 g/mol. The molecule has 0 amide bonds. The second kappa shape index (κ2) is 6.00. The zero-order valence-electron chi connectivity index (χ0n) is 8.60. The van der Waals surface area contributed by atoms with Crippen LogP contribution in [0.25, 0.3) is 0 Å². The van der Waals surface area contributed by atoms with Gasteiger partial charge >= 0.3 is 0 Å². The van der Waals surface area contributed by atoms with Crippen molar-refractivity contribution in [1.29, 1.82) is 0 Å². The number of nitrogens with zero attached hydrogens (tertiary/aromatic N) is 3. The van der Waals surface area contributed by atoms with Crippen LogP contribution in [0, 0.1) is 0 Å². The van der Waals surface area contributed by atoms with Gasteiger partial charge in [-0.25, -0.2) is 4.68 Å². The number of rotatable bonds is 6. The standard InChI is InChI=1S/C8H17N5S/c1-3-4-13-8(5-10-12-13)7(11-9)6-14-2/h5,7,11H,3-4,6,9H2,1-2H3. The predicted molar refractivity (Wildman–Crippen MR) is 58.8 cm³/mol. The van der Waals surface area contributed by atoms with Crippen LogP contribution in [0.15, 0.2) is 6.20 Å². The number of nitrogens with one attached hydrogen (secondary N) is 1. The zero-order chi connectivity index (χ0) is 10.4. The Balaban J connectivity index is 2.74. The molecular weight excluding hydrogens is 198 g/mol. The molecule has 0 aliphatic heterocycles. The lowest BCUT2D eigenvalue weighted by molar-refractivity contribution is 0.501. The number of nitrogens with two attached hydrogens (primary N) is 1. The van der Waals surface area contributed by atoms with Gasteiger partial charge in [-0.1, -0.05) is 12.1 Å². The third-order valence-corrected chi connectivity index (χ3v) is 2.64. The Morgan fingerprint density at radius 3 is 3.07 bits per heavy atom. The first-order valence-corrected chi connectivity index (χ1v) is 6.06. The van der Waals surface area contributed by atoms with Gasteiger partial charge in [-0.3, -0.25) is 11.3 Å². The molecular formula is C8H17N5S. The minimum Gasteiger partial charge on any atom is -0.271 e. The maximum atomic E-state index is 5.48. The molecule has 6 heteroatoms. The van der Waals surface area contributed by atoms with E-state index < -0.39 is 0 Å². The Morgan fingerprint density at radius 2 is 2.50 bits per heavy atom. The van der Waals surface area contributed by atoms with Crippen LogP contribution in [0.5, 0.6) is 0 Å². The van der Waals surface area contributed by atoms with Crippen molar-refractivity contribution in [3.05, 3.63) is 11.9 Å².